The number of carbonyl (C=O) groups is 2. The average Bonchev–Trinajstić information content (AvgIpc) is 3.41. The number of rotatable bonds is 8. The van der Waals surface area contributed by atoms with Crippen molar-refractivity contribution in [1.29, 1.82) is 5.26 Å². The molecule has 0 spiro atoms. The van der Waals surface area contributed by atoms with Gasteiger partial charge in [0.25, 0.3) is 5.91 Å². The minimum atomic E-state index is -0.647. The molecule has 2 amide bonds. The summed E-state index contributed by atoms with van der Waals surface area (Å²) in [4.78, 5) is 26.0. The molecule has 0 bridgehead atoms. The maximum atomic E-state index is 13.2. The lowest BCUT2D eigenvalue weighted by Crippen LogP contribution is -2.54. The molecule has 1 heterocycles. The molecule has 1 aromatic carbocycles. The summed E-state index contributed by atoms with van der Waals surface area (Å²) >= 11 is 0. The van der Waals surface area contributed by atoms with Crippen molar-refractivity contribution in [2.45, 2.75) is 78.4 Å². The zero-order chi connectivity index (χ0) is 21.9. The normalized spacial score (nSPS) is 14.9. The van der Waals surface area contributed by atoms with Gasteiger partial charge in [-0.05, 0) is 50.2 Å². The van der Waals surface area contributed by atoms with Gasteiger partial charge in [-0.25, -0.2) is 0 Å². The van der Waals surface area contributed by atoms with Crippen molar-refractivity contribution in [1.82, 2.24) is 20.4 Å². The molecule has 1 atom stereocenters. The number of nitrogens with zero attached hydrogens (tertiary/aromatic N) is 3. The Kier molecular flexibility index (Phi) is 6.45. The second-order valence-electron chi connectivity index (χ2n) is 9.26. The third-order valence-corrected chi connectivity index (χ3v) is 5.36. The predicted octanol–water partition coefficient (Wildman–Crippen LogP) is 3.46. The number of aryl methyl sites for hydroxylation is 2. The number of hydrogen-bond acceptors (Lipinski definition) is 4. The van der Waals surface area contributed by atoms with Crippen molar-refractivity contribution in [3.63, 3.8) is 0 Å². The van der Waals surface area contributed by atoms with E-state index in [1.54, 1.807) is 0 Å². The Labute approximate surface area is 177 Å². The third-order valence-electron chi connectivity index (χ3n) is 5.36. The lowest BCUT2D eigenvalue weighted by molar-refractivity contribution is -0.125. The number of fused-ring (bicyclic) bond motifs is 1. The molecule has 2 aromatic rings. The Hall–Kier alpha value is -2.88. The number of amides is 2. The monoisotopic (exact) mass is 409 g/mol. The number of unbranched alkanes of at least 4 members (excludes halogenated alkanes) is 2. The summed E-state index contributed by atoms with van der Waals surface area (Å²) in [5.74, 6) is -0.484. The van der Waals surface area contributed by atoms with Gasteiger partial charge >= 0.3 is 0 Å². The van der Waals surface area contributed by atoms with Crippen LogP contribution in [0.5, 0.6) is 0 Å². The Morgan fingerprint density at radius 2 is 2.03 bits per heavy atom. The van der Waals surface area contributed by atoms with Crippen LogP contribution in [0.1, 0.15) is 68.9 Å². The number of nitrogens with one attached hydrogen (secondary N) is 2. The van der Waals surface area contributed by atoms with Crippen LogP contribution in [0.3, 0.4) is 0 Å². The van der Waals surface area contributed by atoms with Crippen LogP contribution in [-0.2, 0) is 11.3 Å². The highest BCUT2D eigenvalue weighted by molar-refractivity contribution is 6.06. The van der Waals surface area contributed by atoms with Crippen molar-refractivity contribution in [3.05, 3.63) is 29.5 Å². The average molecular weight is 410 g/mol. The van der Waals surface area contributed by atoms with Gasteiger partial charge in [0.05, 0.1) is 11.6 Å². The van der Waals surface area contributed by atoms with E-state index in [2.05, 4.69) is 21.8 Å². The summed E-state index contributed by atoms with van der Waals surface area (Å²) in [6.45, 7) is 8.45. The first-order chi connectivity index (χ1) is 14.2. The Morgan fingerprint density at radius 3 is 2.67 bits per heavy atom. The van der Waals surface area contributed by atoms with E-state index in [0.717, 1.165) is 42.1 Å². The molecule has 7 heteroatoms. The summed E-state index contributed by atoms with van der Waals surface area (Å²) in [5, 5.41) is 20.0. The summed E-state index contributed by atoms with van der Waals surface area (Å²) < 4.78 is 1.83. The molecule has 1 aliphatic carbocycles. The molecule has 1 fully saturated rings. The van der Waals surface area contributed by atoms with Crippen molar-refractivity contribution in [2.75, 3.05) is 0 Å². The molecule has 160 valence electrons. The fraction of sp³-hybridized carbons (Fsp3) is 0.565. The standard InChI is InChI=1S/C23H31N5O2/c1-15-8-11-18-17(14-15)19(27-28(18)13-7-5-6-12-24)21(29)26-20(23(2,3)4)22(30)25-16-9-10-16/h8,11,14,16,20H,5-7,9-10,13H2,1-4H3,(H,25,30)(H,26,29). The quantitative estimate of drug-likeness (QED) is 0.652. The maximum Gasteiger partial charge on any atom is 0.273 e. The zero-order valence-electron chi connectivity index (χ0n) is 18.3. The van der Waals surface area contributed by atoms with Crippen LogP contribution in [0.15, 0.2) is 18.2 Å². The van der Waals surface area contributed by atoms with E-state index < -0.39 is 11.5 Å². The molecule has 2 N–H and O–H groups in total. The van der Waals surface area contributed by atoms with E-state index >= 15 is 0 Å². The van der Waals surface area contributed by atoms with Crippen LogP contribution in [-0.4, -0.2) is 33.7 Å². The molecule has 7 nitrogen and oxygen atoms in total. The largest absolute Gasteiger partial charge is 0.352 e. The van der Waals surface area contributed by atoms with Crippen LogP contribution in [0, 0.1) is 23.7 Å². The van der Waals surface area contributed by atoms with Gasteiger partial charge in [0.2, 0.25) is 5.91 Å². The first-order valence-corrected chi connectivity index (χ1v) is 10.7. The second-order valence-corrected chi connectivity index (χ2v) is 9.26. The van der Waals surface area contributed by atoms with Gasteiger partial charge in [0.1, 0.15) is 6.04 Å². The van der Waals surface area contributed by atoms with Crippen molar-refractivity contribution in [3.8, 4) is 6.07 Å². The van der Waals surface area contributed by atoms with Crippen LogP contribution >= 0.6 is 0 Å². The number of benzene rings is 1. The van der Waals surface area contributed by atoms with Gasteiger partial charge in [0.15, 0.2) is 5.69 Å². The molecule has 30 heavy (non-hydrogen) atoms. The van der Waals surface area contributed by atoms with Gasteiger partial charge in [0, 0.05) is 24.4 Å². The fourth-order valence-electron chi connectivity index (χ4n) is 3.48. The number of carbonyl (C=O) groups excluding carboxylic acids is 2. The topological polar surface area (TPSA) is 99.8 Å². The van der Waals surface area contributed by atoms with Crippen LogP contribution in [0.25, 0.3) is 10.9 Å². The number of aromatic nitrogens is 2. The second kappa shape index (κ2) is 8.86. The third kappa shape index (κ3) is 5.18. The molecular weight excluding hydrogens is 378 g/mol. The molecule has 0 aliphatic heterocycles. The molecular formula is C23H31N5O2. The van der Waals surface area contributed by atoms with E-state index in [1.807, 2.05) is 50.6 Å². The van der Waals surface area contributed by atoms with Gasteiger partial charge in [-0.3, -0.25) is 14.3 Å². The zero-order valence-corrected chi connectivity index (χ0v) is 18.3. The highest BCUT2D eigenvalue weighted by atomic mass is 16.2. The SMILES string of the molecule is Cc1ccc2c(c1)c(C(=O)NC(C(=O)NC1CC1)C(C)(C)C)nn2CCCCC#N. The Bertz CT molecular complexity index is 976. The molecule has 0 radical (unpaired) electrons. The van der Waals surface area contributed by atoms with Gasteiger partial charge in [-0.2, -0.15) is 10.4 Å². The minimum absolute atomic E-state index is 0.144. The number of hydrogen-bond donors (Lipinski definition) is 2. The van der Waals surface area contributed by atoms with E-state index in [9.17, 15) is 9.59 Å². The lowest BCUT2D eigenvalue weighted by Gasteiger charge is -2.30. The highest BCUT2D eigenvalue weighted by Gasteiger charge is 2.36. The van der Waals surface area contributed by atoms with Crippen LogP contribution in [0.2, 0.25) is 0 Å². The lowest BCUT2D eigenvalue weighted by atomic mass is 9.86. The van der Waals surface area contributed by atoms with Crippen molar-refractivity contribution >= 4 is 22.7 Å². The highest BCUT2D eigenvalue weighted by Crippen LogP contribution is 2.25. The molecule has 3 rings (SSSR count). The number of nitriles is 1. The fourth-order valence-corrected chi connectivity index (χ4v) is 3.48. The summed E-state index contributed by atoms with van der Waals surface area (Å²) in [5.41, 5.74) is 1.83. The summed E-state index contributed by atoms with van der Waals surface area (Å²) in [6, 6.07) is 7.67. The van der Waals surface area contributed by atoms with Crippen molar-refractivity contribution in [2.24, 2.45) is 5.41 Å². The van der Waals surface area contributed by atoms with Gasteiger partial charge in [-0.15, -0.1) is 0 Å². The van der Waals surface area contributed by atoms with Crippen LogP contribution < -0.4 is 10.6 Å². The molecule has 0 saturated heterocycles. The van der Waals surface area contributed by atoms with E-state index in [-0.39, 0.29) is 17.9 Å². The first kappa shape index (κ1) is 21.8. The maximum absolute atomic E-state index is 13.2. The molecule has 1 aliphatic rings. The molecule has 1 saturated carbocycles. The minimum Gasteiger partial charge on any atom is -0.352 e. The van der Waals surface area contributed by atoms with Gasteiger partial charge < -0.3 is 10.6 Å². The summed E-state index contributed by atoms with van der Waals surface area (Å²) in [7, 11) is 0. The Balaban J connectivity index is 1.86. The molecule has 1 aromatic heterocycles. The van der Waals surface area contributed by atoms with E-state index in [4.69, 9.17) is 5.26 Å². The van der Waals surface area contributed by atoms with E-state index in [1.165, 1.54) is 0 Å². The first-order valence-electron chi connectivity index (χ1n) is 10.7. The summed E-state index contributed by atoms with van der Waals surface area (Å²) in [6.07, 6.45) is 4.11. The predicted molar refractivity (Wildman–Crippen MR) is 116 cm³/mol. The van der Waals surface area contributed by atoms with E-state index in [0.29, 0.717) is 18.7 Å². The smallest absolute Gasteiger partial charge is 0.273 e. The van der Waals surface area contributed by atoms with Gasteiger partial charge in [-0.1, -0.05) is 32.4 Å². The van der Waals surface area contributed by atoms with Crippen LogP contribution in [0.4, 0.5) is 0 Å². The van der Waals surface area contributed by atoms with Crippen molar-refractivity contribution < 1.29 is 9.59 Å². The Morgan fingerprint density at radius 1 is 1.30 bits per heavy atom. The molecule has 1 unspecified atom stereocenters.